The van der Waals surface area contributed by atoms with E-state index < -0.39 is 0 Å². The summed E-state index contributed by atoms with van der Waals surface area (Å²) in [5, 5.41) is 12.4. The highest BCUT2D eigenvalue weighted by atomic mass is 16.5. The number of aliphatic hydroxyl groups excluding tert-OH is 1. The van der Waals surface area contributed by atoms with Crippen molar-refractivity contribution >= 4 is 0 Å². The van der Waals surface area contributed by atoms with E-state index in [1.807, 2.05) is 12.1 Å². The van der Waals surface area contributed by atoms with Gasteiger partial charge in [-0.1, -0.05) is 45.2 Å². The standard InChI is InChI=1S/C18H31NO2/c1-3-5-6-13-21-18-9-7-17(8-10-18)15-19-14-16(4-2)11-12-20/h7-10,16,19-20H,3-6,11-15H2,1-2H3. The molecule has 0 saturated carbocycles. The molecule has 0 aliphatic heterocycles. The van der Waals surface area contributed by atoms with E-state index in [9.17, 15) is 0 Å². The van der Waals surface area contributed by atoms with Crippen LogP contribution in [0.2, 0.25) is 0 Å². The average Bonchev–Trinajstić information content (AvgIpc) is 2.52. The van der Waals surface area contributed by atoms with Crippen molar-refractivity contribution in [3.05, 3.63) is 29.8 Å². The first-order valence-electron chi connectivity index (χ1n) is 8.33. The quantitative estimate of drug-likeness (QED) is 0.577. The van der Waals surface area contributed by atoms with Gasteiger partial charge in [0.2, 0.25) is 0 Å². The number of unbranched alkanes of at least 4 members (excludes halogenated alkanes) is 2. The van der Waals surface area contributed by atoms with Gasteiger partial charge in [-0.25, -0.2) is 0 Å². The molecular formula is C18H31NO2. The van der Waals surface area contributed by atoms with E-state index in [4.69, 9.17) is 9.84 Å². The van der Waals surface area contributed by atoms with E-state index in [0.29, 0.717) is 5.92 Å². The molecule has 0 aliphatic carbocycles. The van der Waals surface area contributed by atoms with Crippen molar-refractivity contribution in [1.82, 2.24) is 5.32 Å². The second-order valence-electron chi connectivity index (χ2n) is 5.62. The molecule has 0 radical (unpaired) electrons. The Morgan fingerprint density at radius 2 is 1.90 bits per heavy atom. The maximum Gasteiger partial charge on any atom is 0.119 e. The zero-order valence-corrected chi connectivity index (χ0v) is 13.6. The number of aliphatic hydroxyl groups is 1. The Bertz CT molecular complexity index is 351. The Balaban J connectivity index is 2.24. The molecule has 1 unspecified atom stereocenters. The van der Waals surface area contributed by atoms with Crippen LogP contribution in [0, 0.1) is 5.92 Å². The van der Waals surface area contributed by atoms with Gasteiger partial charge in [-0.15, -0.1) is 0 Å². The lowest BCUT2D eigenvalue weighted by Gasteiger charge is -2.14. The fourth-order valence-electron chi connectivity index (χ4n) is 2.30. The van der Waals surface area contributed by atoms with Crippen LogP contribution >= 0.6 is 0 Å². The molecule has 0 spiro atoms. The number of hydrogen-bond acceptors (Lipinski definition) is 3. The van der Waals surface area contributed by atoms with Crippen LogP contribution in [0.5, 0.6) is 5.75 Å². The van der Waals surface area contributed by atoms with Gasteiger partial charge in [0.15, 0.2) is 0 Å². The maximum absolute atomic E-state index is 8.98. The highest BCUT2D eigenvalue weighted by molar-refractivity contribution is 5.27. The fraction of sp³-hybridized carbons (Fsp3) is 0.667. The maximum atomic E-state index is 8.98. The molecule has 0 aliphatic rings. The first kappa shape index (κ1) is 18.0. The van der Waals surface area contributed by atoms with Gasteiger partial charge in [0, 0.05) is 13.2 Å². The van der Waals surface area contributed by atoms with Crippen LogP contribution in [0.1, 0.15) is 51.5 Å². The third kappa shape index (κ3) is 8.08. The molecule has 1 aromatic carbocycles. The van der Waals surface area contributed by atoms with Gasteiger partial charge in [0.1, 0.15) is 5.75 Å². The second kappa shape index (κ2) is 11.6. The van der Waals surface area contributed by atoms with Crippen LogP contribution in [0.4, 0.5) is 0 Å². The third-order valence-corrected chi connectivity index (χ3v) is 3.82. The summed E-state index contributed by atoms with van der Waals surface area (Å²) in [6.07, 6.45) is 5.58. The van der Waals surface area contributed by atoms with Gasteiger partial charge in [-0.05, 0) is 43.0 Å². The smallest absolute Gasteiger partial charge is 0.119 e. The van der Waals surface area contributed by atoms with Crippen molar-refractivity contribution in [1.29, 1.82) is 0 Å². The van der Waals surface area contributed by atoms with E-state index >= 15 is 0 Å². The largest absolute Gasteiger partial charge is 0.494 e. The molecule has 0 heterocycles. The van der Waals surface area contributed by atoms with Crippen molar-refractivity contribution in [2.75, 3.05) is 19.8 Å². The molecule has 0 amide bonds. The first-order chi connectivity index (χ1) is 10.3. The molecular weight excluding hydrogens is 262 g/mol. The number of rotatable bonds is 12. The van der Waals surface area contributed by atoms with E-state index in [-0.39, 0.29) is 6.61 Å². The number of ether oxygens (including phenoxy) is 1. The van der Waals surface area contributed by atoms with Gasteiger partial charge in [0.25, 0.3) is 0 Å². The predicted molar refractivity (Wildman–Crippen MR) is 88.7 cm³/mol. The lowest BCUT2D eigenvalue weighted by atomic mass is 10.0. The highest BCUT2D eigenvalue weighted by Gasteiger charge is 2.04. The molecule has 1 rings (SSSR count). The van der Waals surface area contributed by atoms with Crippen molar-refractivity contribution < 1.29 is 9.84 Å². The van der Waals surface area contributed by atoms with Crippen LogP contribution in [-0.2, 0) is 6.54 Å². The summed E-state index contributed by atoms with van der Waals surface area (Å²) in [5.74, 6) is 1.53. The Morgan fingerprint density at radius 1 is 1.14 bits per heavy atom. The van der Waals surface area contributed by atoms with E-state index in [1.165, 1.54) is 18.4 Å². The van der Waals surface area contributed by atoms with Gasteiger partial charge in [0.05, 0.1) is 6.61 Å². The fourth-order valence-corrected chi connectivity index (χ4v) is 2.30. The van der Waals surface area contributed by atoms with E-state index in [1.54, 1.807) is 0 Å². The van der Waals surface area contributed by atoms with E-state index in [2.05, 4.69) is 31.3 Å². The summed E-state index contributed by atoms with van der Waals surface area (Å²) in [5.41, 5.74) is 1.27. The molecule has 0 aromatic heterocycles. The molecule has 120 valence electrons. The van der Waals surface area contributed by atoms with Gasteiger partial charge in [-0.3, -0.25) is 0 Å². The lowest BCUT2D eigenvalue weighted by molar-refractivity contribution is 0.251. The average molecular weight is 293 g/mol. The minimum absolute atomic E-state index is 0.282. The van der Waals surface area contributed by atoms with Gasteiger partial charge in [-0.2, -0.15) is 0 Å². The summed E-state index contributed by atoms with van der Waals surface area (Å²) in [4.78, 5) is 0. The molecule has 2 N–H and O–H groups in total. The molecule has 0 fully saturated rings. The normalized spacial score (nSPS) is 12.3. The van der Waals surface area contributed by atoms with Crippen molar-refractivity contribution in [2.24, 2.45) is 5.92 Å². The zero-order chi connectivity index (χ0) is 15.3. The number of benzene rings is 1. The number of nitrogens with one attached hydrogen (secondary N) is 1. The summed E-state index contributed by atoms with van der Waals surface area (Å²) in [6.45, 7) is 7.30. The Morgan fingerprint density at radius 3 is 2.52 bits per heavy atom. The predicted octanol–water partition coefficient (Wildman–Crippen LogP) is 3.75. The van der Waals surface area contributed by atoms with Crippen LogP contribution < -0.4 is 10.1 Å². The second-order valence-corrected chi connectivity index (χ2v) is 5.62. The van der Waals surface area contributed by atoms with Crippen LogP contribution in [0.3, 0.4) is 0 Å². The molecule has 1 aromatic rings. The molecule has 3 nitrogen and oxygen atoms in total. The third-order valence-electron chi connectivity index (χ3n) is 3.82. The topological polar surface area (TPSA) is 41.5 Å². The van der Waals surface area contributed by atoms with Gasteiger partial charge < -0.3 is 15.2 Å². The first-order valence-corrected chi connectivity index (χ1v) is 8.33. The lowest BCUT2D eigenvalue weighted by Crippen LogP contribution is -2.22. The molecule has 3 heteroatoms. The molecule has 0 saturated heterocycles. The summed E-state index contributed by atoms with van der Waals surface area (Å²) >= 11 is 0. The summed E-state index contributed by atoms with van der Waals surface area (Å²) in [7, 11) is 0. The molecule has 1 atom stereocenters. The zero-order valence-electron chi connectivity index (χ0n) is 13.6. The SMILES string of the molecule is CCCCCOc1ccc(CNCC(CC)CCO)cc1. The number of hydrogen-bond donors (Lipinski definition) is 2. The Hall–Kier alpha value is -1.06. The van der Waals surface area contributed by atoms with Crippen LogP contribution in [-0.4, -0.2) is 24.9 Å². The Kier molecular flexibility index (Phi) is 9.92. The monoisotopic (exact) mass is 293 g/mol. The highest BCUT2D eigenvalue weighted by Crippen LogP contribution is 2.13. The molecule has 21 heavy (non-hydrogen) atoms. The minimum atomic E-state index is 0.282. The van der Waals surface area contributed by atoms with Gasteiger partial charge >= 0.3 is 0 Å². The van der Waals surface area contributed by atoms with Crippen molar-refractivity contribution in [2.45, 2.75) is 52.5 Å². The molecule has 0 bridgehead atoms. The van der Waals surface area contributed by atoms with Crippen LogP contribution in [0.25, 0.3) is 0 Å². The summed E-state index contributed by atoms with van der Waals surface area (Å²) in [6, 6.07) is 8.34. The Labute approximate surface area is 129 Å². The van der Waals surface area contributed by atoms with E-state index in [0.717, 1.165) is 44.7 Å². The van der Waals surface area contributed by atoms with Crippen molar-refractivity contribution in [3.63, 3.8) is 0 Å². The minimum Gasteiger partial charge on any atom is -0.494 e. The summed E-state index contributed by atoms with van der Waals surface area (Å²) < 4.78 is 5.71. The van der Waals surface area contributed by atoms with Crippen LogP contribution in [0.15, 0.2) is 24.3 Å². The van der Waals surface area contributed by atoms with Crippen molar-refractivity contribution in [3.8, 4) is 5.75 Å².